The van der Waals surface area contributed by atoms with E-state index in [2.05, 4.69) is 25.8 Å². The van der Waals surface area contributed by atoms with Crippen molar-refractivity contribution in [1.82, 2.24) is 9.97 Å². The minimum atomic E-state index is -0.329. The summed E-state index contributed by atoms with van der Waals surface area (Å²) in [6.45, 7) is 3.28. The van der Waals surface area contributed by atoms with E-state index in [9.17, 15) is 4.39 Å². The van der Waals surface area contributed by atoms with E-state index in [0.717, 1.165) is 48.6 Å². The fourth-order valence-corrected chi connectivity index (χ4v) is 3.27. The second-order valence-corrected chi connectivity index (χ2v) is 6.01. The Morgan fingerprint density at radius 2 is 1.72 bits per heavy atom. The molecule has 0 radical (unpaired) electrons. The van der Waals surface area contributed by atoms with E-state index >= 15 is 0 Å². The van der Waals surface area contributed by atoms with E-state index in [-0.39, 0.29) is 11.6 Å². The van der Waals surface area contributed by atoms with Crippen molar-refractivity contribution in [2.75, 3.05) is 43.1 Å². The summed E-state index contributed by atoms with van der Waals surface area (Å²) < 4.78 is 18.9. The van der Waals surface area contributed by atoms with E-state index in [1.165, 1.54) is 13.2 Å². The van der Waals surface area contributed by atoms with Gasteiger partial charge in [0, 0.05) is 43.3 Å². The molecule has 128 valence electrons. The van der Waals surface area contributed by atoms with Gasteiger partial charge in [-0.3, -0.25) is 0 Å². The highest BCUT2D eigenvalue weighted by Gasteiger charge is 2.20. The molecule has 1 fully saturated rings. The molecule has 1 aliphatic rings. The minimum Gasteiger partial charge on any atom is -0.494 e. The number of ether oxygens (including phenoxy) is 1. The maximum Gasteiger partial charge on any atom is 0.167 e. The fraction of sp³-hybridized carbons (Fsp3) is 0.263. The molecule has 1 saturated heterocycles. The van der Waals surface area contributed by atoms with E-state index in [1.54, 1.807) is 12.4 Å². The molecule has 2 aromatic carbocycles. The highest BCUT2D eigenvalue weighted by molar-refractivity contribution is 5.89. The molecule has 2 heterocycles. The van der Waals surface area contributed by atoms with Gasteiger partial charge < -0.3 is 14.5 Å². The van der Waals surface area contributed by atoms with Gasteiger partial charge in [-0.25, -0.2) is 14.4 Å². The van der Waals surface area contributed by atoms with Crippen LogP contribution in [0.1, 0.15) is 0 Å². The van der Waals surface area contributed by atoms with Crippen molar-refractivity contribution in [3.8, 4) is 5.75 Å². The molecule has 4 rings (SSSR count). The van der Waals surface area contributed by atoms with Gasteiger partial charge in [-0.2, -0.15) is 0 Å². The first-order chi connectivity index (χ1) is 12.3. The van der Waals surface area contributed by atoms with Crippen LogP contribution in [0.5, 0.6) is 5.75 Å². The highest BCUT2D eigenvalue weighted by atomic mass is 19.1. The van der Waals surface area contributed by atoms with Gasteiger partial charge >= 0.3 is 0 Å². The zero-order valence-electron chi connectivity index (χ0n) is 14.0. The molecule has 25 heavy (non-hydrogen) atoms. The van der Waals surface area contributed by atoms with Gasteiger partial charge in [0.1, 0.15) is 12.1 Å². The Labute approximate surface area is 145 Å². The second kappa shape index (κ2) is 6.55. The zero-order valence-corrected chi connectivity index (χ0v) is 14.0. The maximum absolute atomic E-state index is 13.9. The summed E-state index contributed by atoms with van der Waals surface area (Å²) in [4.78, 5) is 13.3. The Bertz CT molecular complexity index is 888. The highest BCUT2D eigenvalue weighted by Crippen LogP contribution is 2.27. The van der Waals surface area contributed by atoms with Crippen molar-refractivity contribution >= 4 is 22.4 Å². The molecule has 0 bridgehead atoms. The van der Waals surface area contributed by atoms with Gasteiger partial charge in [0.05, 0.1) is 12.6 Å². The van der Waals surface area contributed by atoms with E-state index in [4.69, 9.17) is 4.74 Å². The standard InChI is InChI=1S/C19H19FN4O/c1-25-18-7-6-14(12-16(18)20)23-8-10-24(11-9-23)19-15-4-2-3-5-17(15)21-13-22-19/h2-7,12-13H,8-11H2,1H3. The largest absolute Gasteiger partial charge is 0.494 e. The summed E-state index contributed by atoms with van der Waals surface area (Å²) in [7, 11) is 1.48. The van der Waals surface area contributed by atoms with Gasteiger partial charge in [0.25, 0.3) is 0 Å². The number of para-hydroxylation sites is 1. The molecule has 0 unspecified atom stereocenters. The van der Waals surface area contributed by atoms with Gasteiger partial charge in [0.2, 0.25) is 0 Å². The first-order valence-electron chi connectivity index (χ1n) is 8.29. The third-order valence-corrected chi connectivity index (χ3v) is 4.60. The van der Waals surface area contributed by atoms with Gasteiger partial charge in [0.15, 0.2) is 11.6 Å². The lowest BCUT2D eigenvalue weighted by atomic mass is 10.2. The molecule has 0 saturated carbocycles. The molecule has 0 amide bonds. The summed E-state index contributed by atoms with van der Waals surface area (Å²) in [6, 6.07) is 13.1. The SMILES string of the molecule is COc1ccc(N2CCN(c3ncnc4ccccc34)CC2)cc1F. The molecule has 0 atom stereocenters. The first-order valence-corrected chi connectivity index (χ1v) is 8.29. The predicted octanol–water partition coefficient (Wildman–Crippen LogP) is 3.10. The molecule has 1 aromatic heterocycles. The maximum atomic E-state index is 13.9. The molecule has 6 heteroatoms. The Hall–Kier alpha value is -2.89. The lowest BCUT2D eigenvalue weighted by molar-refractivity contribution is 0.386. The van der Waals surface area contributed by atoms with Crippen LogP contribution in [0, 0.1) is 5.82 Å². The van der Waals surface area contributed by atoms with Crippen LogP contribution in [0.3, 0.4) is 0 Å². The molecule has 1 aliphatic heterocycles. The summed E-state index contributed by atoms with van der Waals surface area (Å²) in [6.07, 6.45) is 1.61. The van der Waals surface area contributed by atoms with E-state index < -0.39 is 0 Å². The molecule has 0 N–H and O–H groups in total. The third kappa shape index (κ3) is 2.95. The number of hydrogen-bond donors (Lipinski definition) is 0. The van der Waals surface area contributed by atoms with Crippen LogP contribution in [0.2, 0.25) is 0 Å². The van der Waals surface area contributed by atoms with Crippen LogP contribution in [-0.2, 0) is 0 Å². The van der Waals surface area contributed by atoms with Crippen molar-refractivity contribution in [3.63, 3.8) is 0 Å². The average molecular weight is 338 g/mol. The number of halogens is 1. The van der Waals surface area contributed by atoms with Gasteiger partial charge in [-0.15, -0.1) is 0 Å². The average Bonchev–Trinajstić information content (AvgIpc) is 2.67. The Morgan fingerprint density at radius 3 is 2.48 bits per heavy atom. The number of methoxy groups -OCH3 is 1. The second-order valence-electron chi connectivity index (χ2n) is 6.01. The number of piperazine rings is 1. The van der Waals surface area contributed by atoms with Crippen LogP contribution in [-0.4, -0.2) is 43.3 Å². The van der Waals surface area contributed by atoms with Crippen LogP contribution in [0.25, 0.3) is 10.9 Å². The van der Waals surface area contributed by atoms with Crippen LogP contribution < -0.4 is 14.5 Å². The van der Waals surface area contributed by atoms with Crippen molar-refractivity contribution in [3.05, 3.63) is 54.6 Å². The van der Waals surface area contributed by atoms with Crippen molar-refractivity contribution < 1.29 is 9.13 Å². The number of nitrogens with zero attached hydrogens (tertiary/aromatic N) is 4. The Kier molecular flexibility index (Phi) is 4.09. The number of benzene rings is 2. The van der Waals surface area contributed by atoms with Crippen molar-refractivity contribution in [1.29, 1.82) is 0 Å². The molecule has 3 aromatic rings. The quantitative estimate of drug-likeness (QED) is 0.734. The summed E-state index contributed by atoms with van der Waals surface area (Å²) >= 11 is 0. The minimum absolute atomic E-state index is 0.273. The van der Waals surface area contributed by atoms with Crippen LogP contribution in [0.4, 0.5) is 15.9 Å². The Morgan fingerprint density at radius 1 is 0.960 bits per heavy atom. The van der Waals surface area contributed by atoms with E-state index in [0.29, 0.717) is 0 Å². The lowest BCUT2D eigenvalue weighted by Gasteiger charge is -2.37. The number of fused-ring (bicyclic) bond motifs is 1. The van der Waals surface area contributed by atoms with Gasteiger partial charge in [-0.1, -0.05) is 12.1 Å². The topological polar surface area (TPSA) is 41.5 Å². The van der Waals surface area contributed by atoms with Gasteiger partial charge in [-0.05, 0) is 24.3 Å². The first kappa shape index (κ1) is 15.6. The van der Waals surface area contributed by atoms with Crippen molar-refractivity contribution in [2.24, 2.45) is 0 Å². The van der Waals surface area contributed by atoms with Crippen molar-refractivity contribution in [2.45, 2.75) is 0 Å². The molecule has 0 aliphatic carbocycles. The fourth-order valence-electron chi connectivity index (χ4n) is 3.27. The predicted molar refractivity (Wildman–Crippen MR) is 96.9 cm³/mol. The summed E-state index contributed by atoms with van der Waals surface area (Å²) in [5.74, 6) is 0.908. The Balaban J connectivity index is 1.52. The molecular formula is C19H19FN4O. The molecular weight excluding hydrogens is 319 g/mol. The summed E-state index contributed by atoms with van der Waals surface area (Å²) in [5, 5.41) is 1.06. The zero-order chi connectivity index (χ0) is 17.2. The number of rotatable bonds is 3. The molecule has 5 nitrogen and oxygen atoms in total. The smallest absolute Gasteiger partial charge is 0.167 e. The molecule has 0 spiro atoms. The normalized spacial score (nSPS) is 14.8. The van der Waals surface area contributed by atoms with Crippen LogP contribution >= 0.6 is 0 Å². The summed E-state index contributed by atoms with van der Waals surface area (Å²) in [5.41, 5.74) is 1.83. The van der Waals surface area contributed by atoms with E-state index in [1.807, 2.05) is 24.3 Å². The number of aromatic nitrogens is 2. The van der Waals surface area contributed by atoms with Crippen LogP contribution in [0.15, 0.2) is 48.8 Å². The lowest BCUT2D eigenvalue weighted by Crippen LogP contribution is -2.47. The third-order valence-electron chi connectivity index (χ3n) is 4.60. The monoisotopic (exact) mass is 338 g/mol. The number of hydrogen-bond acceptors (Lipinski definition) is 5. The number of anilines is 2.